The second-order valence-electron chi connectivity index (χ2n) is 9.62. The second kappa shape index (κ2) is 12.6. The molecule has 0 amide bonds. The van der Waals surface area contributed by atoms with E-state index in [1.54, 1.807) is 30.7 Å². The number of furan rings is 1. The van der Waals surface area contributed by atoms with Gasteiger partial charge in [0.15, 0.2) is 0 Å². The summed E-state index contributed by atoms with van der Waals surface area (Å²) in [6, 6.07) is 17.2. The summed E-state index contributed by atoms with van der Waals surface area (Å²) in [7, 11) is 0. The van der Waals surface area contributed by atoms with Crippen molar-refractivity contribution in [2.75, 3.05) is 6.61 Å². The zero-order chi connectivity index (χ0) is 28.2. The quantitative estimate of drug-likeness (QED) is 0.217. The van der Waals surface area contributed by atoms with E-state index in [2.05, 4.69) is 4.98 Å². The van der Waals surface area contributed by atoms with Crippen molar-refractivity contribution in [2.24, 2.45) is 5.73 Å². The lowest BCUT2D eigenvalue weighted by atomic mass is 9.90. The number of rotatable bonds is 9. The predicted molar refractivity (Wildman–Crippen MR) is 149 cm³/mol. The van der Waals surface area contributed by atoms with E-state index in [0.29, 0.717) is 17.0 Å². The number of carbonyl (C=O) groups is 1. The predicted octanol–water partition coefficient (Wildman–Crippen LogP) is 3.28. The molecule has 6 atom stereocenters. The Morgan fingerprint density at radius 1 is 1.07 bits per heavy atom. The van der Waals surface area contributed by atoms with E-state index in [4.69, 9.17) is 31.2 Å². The lowest BCUT2D eigenvalue weighted by Gasteiger charge is -2.40. The van der Waals surface area contributed by atoms with Crippen LogP contribution in [-0.2, 0) is 27.1 Å². The van der Waals surface area contributed by atoms with Gasteiger partial charge in [-0.1, -0.05) is 54.1 Å². The molecule has 5 rings (SSSR count). The molecule has 3 heterocycles. The first-order valence-corrected chi connectivity index (χ1v) is 13.9. The zero-order valence-electron chi connectivity index (χ0n) is 21.3. The molecular formula is C29H29ClN2O7S. The van der Waals surface area contributed by atoms with Crippen LogP contribution in [0, 0.1) is 0 Å². The Hall–Kier alpha value is -3.09. The summed E-state index contributed by atoms with van der Waals surface area (Å²) in [4.78, 5) is 17.9. The summed E-state index contributed by atoms with van der Waals surface area (Å²) < 4.78 is 16.7. The molecule has 9 nitrogen and oxygen atoms in total. The molecule has 1 aliphatic rings. The van der Waals surface area contributed by atoms with Crippen molar-refractivity contribution in [3.05, 3.63) is 99.8 Å². The molecule has 0 spiro atoms. The third-order valence-corrected chi connectivity index (χ3v) is 8.14. The van der Waals surface area contributed by atoms with Gasteiger partial charge in [-0.05, 0) is 41.3 Å². The number of halogens is 1. The number of benzene rings is 2. The normalized spacial score (nSPS) is 23.6. The Morgan fingerprint density at radius 3 is 2.62 bits per heavy atom. The van der Waals surface area contributed by atoms with Crippen LogP contribution in [0.3, 0.4) is 0 Å². The fourth-order valence-electron chi connectivity index (χ4n) is 4.58. The molecule has 0 saturated carbocycles. The number of aliphatic hydroxyl groups is 3. The highest BCUT2D eigenvalue weighted by atomic mass is 35.5. The van der Waals surface area contributed by atoms with Crippen LogP contribution in [0.15, 0.2) is 77.5 Å². The Labute approximate surface area is 239 Å². The van der Waals surface area contributed by atoms with E-state index in [1.807, 2.05) is 42.5 Å². The van der Waals surface area contributed by atoms with Gasteiger partial charge in [-0.15, -0.1) is 11.3 Å². The van der Waals surface area contributed by atoms with Crippen molar-refractivity contribution in [2.45, 2.75) is 49.4 Å². The molecule has 11 heteroatoms. The third-order valence-electron chi connectivity index (χ3n) is 6.76. The van der Waals surface area contributed by atoms with Crippen molar-refractivity contribution >= 4 is 28.9 Å². The van der Waals surface area contributed by atoms with E-state index in [0.717, 1.165) is 26.8 Å². The molecule has 5 N–H and O–H groups in total. The fourth-order valence-corrected chi connectivity index (χ4v) is 5.67. The van der Waals surface area contributed by atoms with E-state index in [1.165, 1.54) is 11.3 Å². The summed E-state index contributed by atoms with van der Waals surface area (Å²) in [5.74, 6) is 0.0607. The van der Waals surface area contributed by atoms with E-state index >= 15 is 0 Å². The Kier molecular flexibility index (Phi) is 8.97. The summed E-state index contributed by atoms with van der Waals surface area (Å²) in [5, 5.41) is 33.2. The minimum absolute atomic E-state index is 0.285. The molecule has 40 heavy (non-hydrogen) atoms. The minimum Gasteiger partial charge on any atom is -0.463 e. The number of aliphatic hydroxyl groups excluding tert-OH is 3. The number of hydrogen-bond acceptors (Lipinski definition) is 10. The van der Waals surface area contributed by atoms with Gasteiger partial charge in [0.2, 0.25) is 0 Å². The van der Waals surface area contributed by atoms with Gasteiger partial charge in [0.1, 0.15) is 48.9 Å². The molecule has 1 saturated heterocycles. The largest absolute Gasteiger partial charge is 0.463 e. The van der Waals surface area contributed by atoms with Gasteiger partial charge in [0.25, 0.3) is 0 Å². The highest BCUT2D eigenvalue weighted by Gasteiger charge is 2.45. The van der Waals surface area contributed by atoms with Crippen LogP contribution >= 0.6 is 22.9 Å². The van der Waals surface area contributed by atoms with Gasteiger partial charge in [0.05, 0.1) is 16.1 Å². The highest BCUT2D eigenvalue weighted by molar-refractivity contribution is 7.15. The fraction of sp³-hybridized carbons (Fsp3) is 0.310. The Morgan fingerprint density at radius 2 is 1.88 bits per heavy atom. The van der Waals surface area contributed by atoms with Gasteiger partial charge >= 0.3 is 5.97 Å². The number of carbonyl (C=O) groups excluding carboxylic acids is 1. The molecule has 2 aromatic carbocycles. The number of thiazole rings is 1. The average Bonchev–Trinajstić information content (AvgIpc) is 3.66. The molecule has 1 aliphatic heterocycles. The van der Waals surface area contributed by atoms with Crippen molar-refractivity contribution in [1.29, 1.82) is 0 Å². The van der Waals surface area contributed by atoms with Crippen LogP contribution in [0.2, 0.25) is 5.02 Å². The minimum atomic E-state index is -1.53. The number of ether oxygens (including phenoxy) is 2. The Balaban J connectivity index is 1.26. The first kappa shape index (κ1) is 28.4. The van der Waals surface area contributed by atoms with Crippen molar-refractivity contribution in [3.63, 3.8) is 0 Å². The maximum Gasteiger partial charge on any atom is 0.323 e. The van der Waals surface area contributed by atoms with Gasteiger partial charge < -0.3 is 34.9 Å². The monoisotopic (exact) mass is 584 g/mol. The zero-order valence-corrected chi connectivity index (χ0v) is 22.9. The first-order valence-electron chi connectivity index (χ1n) is 12.7. The molecule has 0 unspecified atom stereocenters. The summed E-state index contributed by atoms with van der Waals surface area (Å²) in [6.07, 6.45) is -2.50. The van der Waals surface area contributed by atoms with Crippen LogP contribution in [-0.4, -0.2) is 63.3 Å². The highest BCUT2D eigenvalue weighted by Crippen LogP contribution is 2.35. The number of aromatic nitrogens is 1. The molecule has 0 radical (unpaired) electrons. The van der Waals surface area contributed by atoms with Gasteiger partial charge in [-0.25, -0.2) is 4.98 Å². The third kappa shape index (κ3) is 6.45. The Bertz CT molecular complexity index is 1420. The van der Waals surface area contributed by atoms with Crippen molar-refractivity contribution in [1.82, 2.24) is 4.98 Å². The van der Waals surface area contributed by atoms with Crippen LogP contribution < -0.4 is 5.73 Å². The van der Waals surface area contributed by atoms with E-state index < -0.39 is 42.5 Å². The molecule has 1 fully saturated rings. The van der Waals surface area contributed by atoms with Gasteiger partial charge in [0, 0.05) is 17.6 Å². The topological polar surface area (TPSA) is 148 Å². The van der Waals surface area contributed by atoms with Crippen LogP contribution in [0.1, 0.15) is 27.8 Å². The molecule has 210 valence electrons. The molecule has 0 bridgehead atoms. The summed E-state index contributed by atoms with van der Waals surface area (Å²) in [5.41, 5.74) is 8.16. The van der Waals surface area contributed by atoms with Crippen molar-refractivity contribution in [3.8, 4) is 10.6 Å². The maximum atomic E-state index is 12.5. The maximum absolute atomic E-state index is 12.5. The summed E-state index contributed by atoms with van der Waals surface area (Å²) in [6.45, 7) is -0.349. The SMILES string of the molecule is N[C@@H](Cc1ccccc1)C(=O)OC[C@H]1O[C@@H](c2ccc(Cl)c(Cc3ncc(-c4ccco4)s3)c2)[C@H](O)[C@@H](O)[C@@H]1O. The molecule has 2 aromatic heterocycles. The van der Waals surface area contributed by atoms with Gasteiger partial charge in [-0.2, -0.15) is 0 Å². The van der Waals surface area contributed by atoms with Crippen LogP contribution in [0.25, 0.3) is 10.6 Å². The molecule has 0 aliphatic carbocycles. The second-order valence-corrected chi connectivity index (χ2v) is 11.1. The smallest absolute Gasteiger partial charge is 0.323 e. The lowest BCUT2D eigenvalue weighted by molar-refractivity contribution is -0.234. The van der Waals surface area contributed by atoms with E-state index in [9.17, 15) is 20.1 Å². The van der Waals surface area contributed by atoms with Crippen LogP contribution in [0.4, 0.5) is 0 Å². The lowest BCUT2D eigenvalue weighted by Crippen LogP contribution is -2.55. The van der Waals surface area contributed by atoms with Crippen molar-refractivity contribution < 1.29 is 34.0 Å². The average molecular weight is 585 g/mol. The standard InChI is InChI=1S/C29H29ClN2O7S/c30-19-9-8-17(12-18(19)13-24-32-14-23(40-24)21-7-4-10-37-21)28-27(35)26(34)25(33)22(39-28)15-38-29(36)20(31)11-16-5-2-1-3-6-16/h1-10,12,14,20,22,25-28,33-35H,11,13,15,31H2/t20-,22+,25+,26-,27+,28-/m0/s1. The summed E-state index contributed by atoms with van der Waals surface area (Å²) >= 11 is 7.95. The van der Waals surface area contributed by atoms with Crippen LogP contribution in [0.5, 0.6) is 0 Å². The first-order chi connectivity index (χ1) is 19.3. The molecular weight excluding hydrogens is 556 g/mol. The number of nitrogens with two attached hydrogens (primary N) is 1. The number of hydrogen-bond donors (Lipinski definition) is 4. The molecule has 4 aromatic rings. The van der Waals surface area contributed by atoms with E-state index in [-0.39, 0.29) is 13.0 Å². The number of esters is 1. The van der Waals surface area contributed by atoms with Gasteiger partial charge in [-0.3, -0.25) is 4.79 Å². The number of nitrogens with zero attached hydrogens (tertiary/aromatic N) is 1.